The molecule has 2 rings (SSSR count). The molecule has 2 nitrogen and oxygen atoms in total. The second-order valence-corrected chi connectivity index (χ2v) is 7.02. The van der Waals surface area contributed by atoms with E-state index in [1.54, 1.807) is 0 Å². The zero-order valence-corrected chi connectivity index (χ0v) is 13.2. The molecule has 0 bridgehead atoms. The molecule has 0 aromatic carbocycles. The molecule has 2 fully saturated rings. The van der Waals surface area contributed by atoms with E-state index in [4.69, 9.17) is 5.53 Å². The lowest BCUT2D eigenvalue weighted by Gasteiger charge is -2.27. The summed E-state index contributed by atoms with van der Waals surface area (Å²) < 4.78 is 0. The molecule has 0 saturated heterocycles. The Labute approximate surface area is 125 Å². The lowest BCUT2D eigenvalue weighted by atomic mass is 9.79. The van der Waals surface area contributed by atoms with Crippen LogP contribution in [0.2, 0.25) is 0 Å². The third-order valence-electron chi connectivity index (χ3n) is 5.54. The van der Waals surface area contributed by atoms with Gasteiger partial charge in [0.2, 0.25) is 0 Å². The molecule has 1 unspecified atom stereocenters. The number of hydrogen-bond donors (Lipinski definition) is 0. The Balaban J connectivity index is 1.88. The fraction of sp³-hybridized carbons (Fsp3) is 0.944. The zero-order valence-electron chi connectivity index (χ0n) is 13.2. The van der Waals surface area contributed by atoms with Crippen molar-refractivity contribution in [2.24, 2.45) is 11.8 Å². The van der Waals surface area contributed by atoms with Crippen LogP contribution < -0.4 is 0 Å². The van der Waals surface area contributed by atoms with Crippen LogP contribution in [0.25, 0.3) is 5.53 Å². The first kappa shape index (κ1) is 15.8. The normalized spacial score (nSPS) is 28.2. The van der Waals surface area contributed by atoms with Gasteiger partial charge in [0.05, 0.1) is 0 Å². The van der Waals surface area contributed by atoms with E-state index in [1.807, 2.05) is 0 Å². The van der Waals surface area contributed by atoms with Gasteiger partial charge in [-0.25, -0.2) is 0 Å². The minimum absolute atomic E-state index is 0.950. The molecule has 0 spiro atoms. The van der Waals surface area contributed by atoms with Gasteiger partial charge in [-0.05, 0) is 31.1 Å². The lowest BCUT2D eigenvalue weighted by molar-refractivity contribution is -0.0116. The van der Waals surface area contributed by atoms with Crippen molar-refractivity contribution in [3.63, 3.8) is 0 Å². The van der Waals surface area contributed by atoms with Crippen LogP contribution in [0.5, 0.6) is 0 Å². The van der Waals surface area contributed by atoms with E-state index >= 15 is 0 Å². The molecule has 2 aliphatic carbocycles. The van der Waals surface area contributed by atoms with Crippen molar-refractivity contribution in [2.75, 3.05) is 0 Å². The van der Waals surface area contributed by atoms with Crippen LogP contribution in [0.1, 0.15) is 96.3 Å². The first-order valence-electron chi connectivity index (χ1n) is 9.10. The second kappa shape index (κ2) is 9.34. The summed E-state index contributed by atoms with van der Waals surface area (Å²) in [4.78, 5) is 3.48. The summed E-state index contributed by atoms with van der Waals surface area (Å²) in [6.07, 6.45) is 20.4. The first-order chi connectivity index (χ1) is 9.90. The molecule has 2 heteroatoms. The third-order valence-corrected chi connectivity index (χ3v) is 5.54. The smallest absolute Gasteiger partial charge is 0.268 e. The predicted molar refractivity (Wildman–Crippen MR) is 84.9 cm³/mol. The molecule has 0 aromatic rings. The maximum atomic E-state index is 9.00. The van der Waals surface area contributed by atoms with Crippen molar-refractivity contribution in [2.45, 2.75) is 96.3 Å². The summed E-state index contributed by atoms with van der Waals surface area (Å²) in [6.45, 7) is 0. The topological polar surface area (TPSA) is 36.4 Å². The van der Waals surface area contributed by atoms with Crippen molar-refractivity contribution in [3.8, 4) is 0 Å². The highest BCUT2D eigenvalue weighted by Crippen LogP contribution is 2.34. The van der Waals surface area contributed by atoms with Gasteiger partial charge < -0.3 is 5.53 Å². The maximum absolute atomic E-state index is 9.00. The molecule has 20 heavy (non-hydrogen) atoms. The van der Waals surface area contributed by atoms with E-state index in [-0.39, 0.29) is 0 Å². The van der Waals surface area contributed by atoms with E-state index in [0.717, 1.165) is 30.4 Å². The maximum Gasteiger partial charge on any atom is 0.268 e. The fourth-order valence-corrected chi connectivity index (χ4v) is 4.28. The van der Waals surface area contributed by atoms with E-state index in [1.165, 1.54) is 83.5 Å². The van der Waals surface area contributed by atoms with Gasteiger partial charge in [-0.2, -0.15) is 4.79 Å². The van der Waals surface area contributed by atoms with Crippen LogP contribution in [-0.2, 0) is 0 Å². The Kier molecular flexibility index (Phi) is 7.36. The Hall–Kier alpha value is -0.620. The number of rotatable bonds is 1. The molecule has 2 saturated carbocycles. The summed E-state index contributed by atoms with van der Waals surface area (Å²) in [5.74, 6) is 1.94. The van der Waals surface area contributed by atoms with Crippen LogP contribution >= 0.6 is 0 Å². The summed E-state index contributed by atoms with van der Waals surface area (Å²) in [7, 11) is 0. The second-order valence-electron chi connectivity index (χ2n) is 7.02. The van der Waals surface area contributed by atoms with Gasteiger partial charge in [0, 0.05) is 12.8 Å². The van der Waals surface area contributed by atoms with Crippen molar-refractivity contribution in [1.82, 2.24) is 0 Å². The molecule has 0 radical (unpaired) electrons. The summed E-state index contributed by atoms with van der Waals surface area (Å²) >= 11 is 0. The van der Waals surface area contributed by atoms with E-state index in [2.05, 4.69) is 4.79 Å². The standard InChI is InChI=1S/C18H32N2/c19-20-18-14-8-7-12-17(13-9-15-18)16-10-5-3-1-2-4-6-11-16/h16-17H,1-15H2. The van der Waals surface area contributed by atoms with Gasteiger partial charge in [-0.1, -0.05) is 64.2 Å². The first-order valence-corrected chi connectivity index (χ1v) is 9.10. The molecular formula is C18H32N2. The molecular weight excluding hydrogens is 244 g/mol. The molecule has 0 aliphatic heterocycles. The van der Waals surface area contributed by atoms with Crippen molar-refractivity contribution in [1.29, 1.82) is 0 Å². The average Bonchev–Trinajstić information content (AvgIpc) is 2.68. The molecule has 1 atom stereocenters. The minimum Gasteiger partial charge on any atom is -0.362 e. The van der Waals surface area contributed by atoms with E-state index in [9.17, 15) is 0 Å². The van der Waals surface area contributed by atoms with Gasteiger partial charge in [-0.15, -0.1) is 0 Å². The largest absolute Gasteiger partial charge is 0.362 e. The van der Waals surface area contributed by atoms with Gasteiger partial charge in [0.15, 0.2) is 0 Å². The average molecular weight is 276 g/mol. The molecule has 0 aromatic heterocycles. The quantitative estimate of drug-likeness (QED) is 0.431. The predicted octanol–water partition coefficient (Wildman–Crippen LogP) is 5.77. The number of hydrogen-bond acceptors (Lipinski definition) is 0. The van der Waals surface area contributed by atoms with Crippen LogP contribution in [0.3, 0.4) is 0 Å². The van der Waals surface area contributed by atoms with Gasteiger partial charge in [0.25, 0.3) is 5.71 Å². The van der Waals surface area contributed by atoms with E-state index in [0.29, 0.717) is 0 Å². The Morgan fingerprint density at radius 3 is 1.65 bits per heavy atom. The SMILES string of the molecule is [N-]=[N+]=C1CCCCC(C2CCCCCCCC2)CCC1. The Morgan fingerprint density at radius 1 is 0.600 bits per heavy atom. The van der Waals surface area contributed by atoms with Gasteiger partial charge >= 0.3 is 0 Å². The monoisotopic (exact) mass is 276 g/mol. The third kappa shape index (κ3) is 5.40. The molecule has 0 heterocycles. The molecule has 2 aliphatic rings. The fourth-order valence-electron chi connectivity index (χ4n) is 4.28. The van der Waals surface area contributed by atoms with Crippen LogP contribution in [-0.4, -0.2) is 10.5 Å². The summed E-state index contributed by atoms with van der Waals surface area (Å²) in [5.41, 5.74) is 10.0. The van der Waals surface area contributed by atoms with Crippen LogP contribution in [0, 0.1) is 11.8 Å². The Morgan fingerprint density at radius 2 is 1.05 bits per heavy atom. The lowest BCUT2D eigenvalue weighted by Crippen LogP contribution is -2.15. The van der Waals surface area contributed by atoms with Crippen molar-refractivity contribution >= 4 is 5.71 Å². The van der Waals surface area contributed by atoms with Crippen molar-refractivity contribution in [3.05, 3.63) is 5.53 Å². The highest BCUT2D eigenvalue weighted by atomic mass is 14.9. The molecule has 114 valence electrons. The Bertz CT molecular complexity index is 307. The van der Waals surface area contributed by atoms with E-state index < -0.39 is 0 Å². The minimum atomic E-state index is 0.950. The van der Waals surface area contributed by atoms with Gasteiger partial charge in [0.1, 0.15) is 0 Å². The van der Waals surface area contributed by atoms with Crippen LogP contribution in [0.15, 0.2) is 0 Å². The van der Waals surface area contributed by atoms with Gasteiger partial charge in [-0.3, -0.25) is 0 Å². The summed E-state index contributed by atoms with van der Waals surface area (Å²) in [6, 6.07) is 0. The van der Waals surface area contributed by atoms with Crippen molar-refractivity contribution < 1.29 is 4.79 Å². The number of nitrogens with zero attached hydrogens (tertiary/aromatic N) is 2. The highest BCUT2D eigenvalue weighted by Gasteiger charge is 2.23. The van der Waals surface area contributed by atoms with Crippen LogP contribution in [0.4, 0.5) is 0 Å². The zero-order chi connectivity index (χ0) is 14.0. The molecule has 0 amide bonds. The highest BCUT2D eigenvalue weighted by molar-refractivity contribution is 5.78. The summed E-state index contributed by atoms with van der Waals surface area (Å²) in [5, 5.41) is 0. The molecule has 0 N–H and O–H groups in total.